The van der Waals surface area contributed by atoms with Crippen LogP contribution in [0.4, 0.5) is 11.4 Å². The van der Waals surface area contributed by atoms with Gasteiger partial charge in [0.15, 0.2) is 12.4 Å². The molecule has 0 bridgehead atoms. The van der Waals surface area contributed by atoms with Gasteiger partial charge in [-0.2, -0.15) is 0 Å². The van der Waals surface area contributed by atoms with Crippen molar-refractivity contribution in [1.29, 1.82) is 0 Å². The van der Waals surface area contributed by atoms with Crippen LogP contribution in [0.25, 0.3) is 11.1 Å². The maximum absolute atomic E-state index is 12.4. The van der Waals surface area contributed by atoms with Crippen LogP contribution in [0.5, 0.6) is 5.75 Å². The Morgan fingerprint density at radius 3 is 2.26 bits per heavy atom. The minimum atomic E-state index is -1.21. The van der Waals surface area contributed by atoms with Crippen LogP contribution < -0.4 is 20.7 Å². The molecule has 1 unspecified atom stereocenters. The van der Waals surface area contributed by atoms with Gasteiger partial charge in [0.05, 0.1) is 11.3 Å². The van der Waals surface area contributed by atoms with Crippen LogP contribution >= 0.6 is 0 Å². The Morgan fingerprint density at radius 1 is 1.10 bits per heavy atom. The third kappa shape index (κ3) is 8.93. The number of carboxylic acid groups (broad SMARTS) is 1. The molecule has 5 N–H and O–H groups in total. The van der Waals surface area contributed by atoms with E-state index in [4.69, 9.17) is 14.6 Å². The maximum atomic E-state index is 12.4. The predicted molar refractivity (Wildman–Crippen MR) is 170 cm³/mol. The summed E-state index contributed by atoms with van der Waals surface area (Å²) in [5.74, 6) is -0.340. The van der Waals surface area contributed by atoms with Gasteiger partial charge in [-0.25, -0.2) is 4.79 Å². The van der Waals surface area contributed by atoms with Crippen molar-refractivity contribution in [1.82, 2.24) is 5.32 Å². The lowest BCUT2D eigenvalue weighted by atomic mass is 9.84. The van der Waals surface area contributed by atoms with Crippen molar-refractivity contribution < 1.29 is 29.3 Å². The Morgan fingerprint density at radius 2 is 1.74 bits per heavy atom. The number of anilines is 2. The van der Waals surface area contributed by atoms with Crippen molar-refractivity contribution in [2.24, 2.45) is 0 Å². The monoisotopic (exact) mass is 585 g/mol. The summed E-state index contributed by atoms with van der Waals surface area (Å²) in [6.07, 6.45) is 8.18. The lowest BCUT2D eigenvalue weighted by molar-refractivity contribution is -0.160. The van der Waals surface area contributed by atoms with Crippen molar-refractivity contribution in [3.63, 3.8) is 0 Å². The van der Waals surface area contributed by atoms with E-state index in [9.17, 15) is 14.7 Å². The van der Waals surface area contributed by atoms with Crippen molar-refractivity contribution in [2.75, 3.05) is 45.0 Å². The number of aliphatic carboxylic acids is 1. The number of aldehydes is 1. The van der Waals surface area contributed by atoms with Crippen LogP contribution in [0, 0.1) is 13.8 Å². The molecule has 9 nitrogen and oxygen atoms in total. The first-order valence-corrected chi connectivity index (χ1v) is 14.9. The number of hydrogen-bond acceptors (Lipinski definition) is 8. The molecule has 0 aromatic heterocycles. The average molecular weight is 586 g/mol. The normalized spacial score (nSPS) is 15.6. The van der Waals surface area contributed by atoms with Gasteiger partial charge in [-0.15, -0.1) is 0 Å². The van der Waals surface area contributed by atoms with Crippen LogP contribution in [0.2, 0.25) is 0 Å². The number of rotatable bonds is 7. The number of ether oxygens (including phenoxy) is 2. The summed E-state index contributed by atoms with van der Waals surface area (Å²) in [4.78, 5) is 24.4. The van der Waals surface area contributed by atoms with Crippen LogP contribution in [-0.2, 0) is 9.53 Å². The molecule has 4 rings (SSSR count). The molecule has 42 heavy (non-hydrogen) atoms. The molecule has 2 aliphatic rings. The van der Waals surface area contributed by atoms with Crippen molar-refractivity contribution in [2.45, 2.75) is 90.9 Å². The highest BCUT2D eigenvalue weighted by Crippen LogP contribution is 2.44. The van der Waals surface area contributed by atoms with Gasteiger partial charge >= 0.3 is 5.97 Å². The standard InChI is InChI=1S/C24H30N2O5.C8H17N.CH4O/c1-13-16(12-27)21(25-6)14(2)20(22(23(28)29)31-24(3,4)5)19(13)15-7-8-18-17(11-15)26-9-10-30-18;1-9-8-6-4-2-3-5-7-8;1-2/h7-8,11-12,22,25-26H,9-10H2,1-6H3,(H,28,29);8-9H,2-7H2,1H3;2H,1H3. The molecule has 1 saturated carbocycles. The number of aliphatic hydroxyl groups is 1. The van der Waals surface area contributed by atoms with E-state index in [-0.39, 0.29) is 0 Å². The zero-order valence-electron chi connectivity index (χ0n) is 26.6. The molecular weight excluding hydrogens is 534 g/mol. The van der Waals surface area contributed by atoms with E-state index in [1.807, 2.05) is 52.8 Å². The molecule has 0 radical (unpaired) electrons. The summed E-state index contributed by atoms with van der Waals surface area (Å²) in [5.41, 5.74) is 4.63. The summed E-state index contributed by atoms with van der Waals surface area (Å²) in [7, 11) is 4.80. The molecule has 0 amide bonds. The van der Waals surface area contributed by atoms with E-state index in [2.05, 4.69) is 23.0 Å². The number of nitrogens with one attached hydrogen (secondary N) is 3. The fourth-order valence-corrected chi connectivity index (χ4v) is 5.67. The highest BCUT2D eigenvalue weighted by atomic mass is 16.5. The zero-order chi connectivity index (χ0) is 31.4. The van der Waals surface area contributed by atoms with Crippen molar-refractivity contribution in [3.8, 4) is 16.9 Å². The first-order valence-electron chi connectivity index (χ1n) is 14.9. The molecule has 0 spiro atoms. The fourth-order valence-electron chi connectivity index (χ4n) is 5.67. The summed E-state index contributed by atoms with van der Waals surface area (Å²) >= 11 is 0. The number of carbonyl (C=O) groups excluding carboxylic acids is 1. The van der Waals surface area contributed by atoms with Gasteiger partial charge in [-0.05, 0) is 88.9 Å². The van der Waals surface area contributed by atoms with Gasteiger partial charge in [0, 0.05) is 43.6 Å². The van der Waals surface area contributed by atoms with E-state index >= 15 is 0 Å². The largest absolute Gasteiger partial charge is 0.490 e. The minimum absolute atomic E-state index is 0.501. The van der Waals surface area contributed by atoms with Crippen LogP contribution in [0.3, 0.4) is 0 Å². The van der Waals surface area contributed by atoms with Crippen molar-refractivity contribution >= 4 is 23.6 Å². The molecule has 1 heterocycles. The topological polar surface area (TPSA) is 129 Å². The second-order valence-electron chi connectivity index (χ2n) is 11.6. The molecular formula is C33H51N3O6. The Bertz CT molecular complexity index is 1180. The number of hydrogen-bond donors (Lipinski definition) is 5. The molecule has 1 aliphatic carbocycles. The Labute approximate surface area is 251 Å². The number of aliphatic hydroxyl groups excluding tert-OH is 1. The van der Waals surface area contributed by atoms with E-state index in [1.165, 1.54) is 38.5 Å². The number of carbonyl (C=O) groups is 2. The highest BCUT2D eigenvalue weighted by molar-refractivity contribution is 5.96. The lowest BCUT2D eigenvalue weighted by Crippen LogP contribution is -2.29. The Balaban J connectivity index is 0.000000473. The highest BCUT2D eigenvalue weighted by Gasteiger charge is 2.33. The molecule has 9 heteroatoms. The van der Waals surface area contributed by atoms with Gasteiger partial charge in [0.2, 0.25) is 0 Å². The molecule has 0 saturated heterocycles. The molecule has 1 aliphatic heterocycles. The van der Waals surface area contributed by atoms with Gasteiger partial charge in [0.25, 0.3) is 0 Å². The third-order valence-electron chi connectivity index (χ3n) is 7.63. The molecule has 1 fully saturated rings. The number of benzene rings is 2. The summed E-state index contributed by atoms with van der Waals surface area (Å²) in [6.45, 7) is 10.4. The minimum Gasteiger partial charge on any atom is -0.490 e. The van der Waals surface area contributed by atoms with E-state index in [0.717, 1.165) is 36.4 Å². The van der Waals surface area contributed by atoms with Crippen LogP contribution in [0.1, 0.15) is 92.4 Å². The SMILES string of the molecule is CNC1CCCCCC1.CNc1c(C)c(C(OC(C)(C)C)C(=O)O)c(-c2ccc3c(c2)NCCO3)c(C)c1C=O.CO. The average Bonchev–Trinajstić information content (AvgIpc) is 3.26. The first kappa shape index (κ1) is 35.1. The molecule has 2 aromatic carbocycles. The number of fused-ring (bicyclic) bond motifs is 1. The van der Waals surface area contributed by atoms with Gasteiger partial charge < -0.3 is 35.6 Å². The molecule has 234 valence electrons. The first-order chi connectivity index (χ1) is 20.0. The number of carboxylic acids is 1. The maximum Gasteiger partial charge on any atom is 0.337 e. The van der Waals surface area contributed by atoms with E-state index < -0.39 is 17.7 Å². The third-order valence-corrected chi connectivity index (χ3v) is 7.63. The predicted octanol–water partition coefficient (Wildman–Crippen LogP) is 6.11. The Hall–Kier alpha value is -3.14. The van der Waals surface area contributed by atoms with E-state index in [1.54, 1.807) is 7.05 Å². The fraction of sp³-hybridized carbons (Fsp3) is 0.576. The summed E-state index contributed by atoms with van der Waals surface area (Å²) in [5, 5.41) is 26.8. The second kappa shape index (κ2) is 16.5. The van der Waals surface area contributed by atoms with Crippen LogP contribution in [-0.4, -0.2) is 68.5 Å². The van der Waals surface area contributed by atoms with Gasteiger partial charge in [-0.3, -0.25) is 4.79 Å². The Kier molecular flexibility index (Phi) is 13.8. The van der Waals surface area contributed by atoms with Gasteiger partial charge in [-0.1, -0.05) is 31.7 Å². The lowest BCUT2D eigenvalue weighted by Gasteiger charge is -2.30. The molecule has 1 atom stereocenters. The molecule has 2 aromatic rings. The van der Waals surface area contributed by atoms with E-state index in [0.29, 0.717) is 46.7 Å². The smallest absolute Gasteiger partial charge is 0.337 e. The summed E-state index contributed by atoms with van der Waals surface area (Å²) in [6, 6.07) is 6.51. The van der Waals surface area contributed by atoms with Crippen LogP contribution in [0.15, 0.2) is 18.2 Å². The zero-order valence-corrected chi connectivity index (χ0v) is 26.6. The second-order valence-corrected chi connectivity index (χ2v) is 11.6. The van der Waals surface area contributed by atoms with Gasteiger partial charge in [0.1, 0.15) is 12.4 Å². The summed E-state index contributed by atoms with van der Waals surface area (Å²) < 4.78 is 11.7. The van der Waals surface area contributed by atoms with Crippen molar-refractivity contribution in [3.05, 3.63) is 40.5 Å². The quantitative estimate of drug-likeness (QED) is 0.193.